The topological polar surface area (TPSA) is 73.8 Å². The molecule has 1 aromatic carbocycles. The maximum atomic E-state index is 12.1. The number of ether oxygens (including phenoxy) is 1. The van der Waals surface area contributed by atoms with Gasteiger partial charge < -0.3 is 9.15 Å². The number of carbonyl (C=O) groups is 1. The van der Waals surface area contributed by atoms with Gasteiger partial charge in [-0.1, -0.05) is 0 Å². The number of carbonyl (C=O) groups excluding carboxylic acids is 1. The van der Waals surface area contributed by atoms with Crippen molar-refractivity contribution in [3.8, 4) is 0 Å². The first-order valence-corrected chi connectivity index (χ1v) is 5.94. The molecule has 0 saturated carbocycles. The van der Waals surface area contributed by atoms with Crippen molar-refractivity contribution < 1.29 is 13.9 Å². The summed E-state index contributed by atoms with van der Waals surface area (Å²) in [5.41, 5.74) is 1.59. The average Bonchev–Trinajstić information content (AvgIpc) is 2.99. The highest BCUT2D eigenvalue weighted by atomic mass is 16.5. The number of hydrogen-bond donors (Lipinski definition) is 0. The Kier molecular flexibility index (Phi) is 2.70. The maximum absolute atomic E-state index is 12.1. The van der Waals surface area contributed by atoms with Crippen LogP contribution in [0.25, 0.3) is 11.1 Å². The molecule has 19 heavy (non-hydrogen) atoms. The SMILES string of the molecule is Cn1c(=O)oc2ccc(C(=O)CC3=NCCO3)cc21. The molecule has 0 amide bonds. The van der Waals surface area contributed by atoms with E-state index in [9.17, 15) is 9.59 Å². The Morgan fingerprint density at radius 1 is 1.47 bits per heavy atom. The highest BCUT2D eigenvalue weighted by Gasteiger charge is 2.16. The number of nitrogens with zero attached hydrogens (tertiary/aromatic N) is 2. The van der Waals surface area contributed by atoms with E-state index >= 15 is 0 Å². The van der Waals surface area contributed by atoms with Gasteiger partial charge in [0.2, 0.25) is 0 Å². The molecule has 0 bridgehead atoms. The molecule has 2 aromatic rings. The van der Waals surface area contributed by atoms with Crippen LogP contribution in [0.15, 0.2) is 32.4 Å². The molecule has 1 aliphatic heterocycles. The molecule has 6 nitrogen and oxygen atoms in total. The van der Waals surface area contributed by atoms with Crippen molar-refractivity contribution >= 4 is 22.8 Å². The lowest BCUT2D eigenvalue weighted by Gasteiger charge is -2.02. The van der Waals surface area contributed by atoms with E-state index < -0.39 is 5.76 Å². The van der Waals surface area contributed by atoms with Gasteiger partial charge in [0.05, 0.1) is 18.5 Å². The summed E-state index contributed by atoms with van der Waals surface area (Å²) in [4.78, 5) is 27.5. The Morgan fingerprint density at radius 2 is 2.32 bits per heavy atom. The molecule has 0 atom stereocenters. The normalized spacial score (nSPS) is 14.5. The predicted octanol–water partition coefficient (Wildman–Crippen LogP) is 1.13. The fraction of sp³-hybridized carbons (Fsp3) is 0.308. The third-order valence-corrected chi connectivity index (χ3v) is 3.07. The van der Waals surface area contributed by atoms with E-state index in [1.54, 1.807) is 25.2 Å². The summed E-state index contributed by atoms with van der Waals surface area (Å²) >= 11 is 0. The minimum Gasteiger partial charge on any atom is -0.479 e. The molecule has 0 spiro atoms. The van der Waals surface area contributed by atoms with Crippen LogP contribution in [0.3, 0.4) is 0 Å². The van der Waals surface area contributed by atoms with Crippen LogP contribution in [0.4, 0.5) is 0 Å². The number of hydrogen-bond acceptors (Lipinski definition) is 5. The monoisotopic (exact) mass is 260 g/mol. The molecule has 6 heteroatoms. The first-order chi connectivity index (χ1) is 9.15. The van der Waals surface area contributed by atoms with Gasteiger partial charge in [0.25, 0.3) is 0 Å². The van der Waals surface area contributed by atoms with Crippen LogP contribution in [0, 0.1) is 0 Å². The van der Waals surface area contributed by atoms with E-state index in [1.165, 1.54) is 4.57 Å². The Hall–Kier alpha value is -2.37. The van der Waals surface area contributed by atoms with Gasteiger partial charge >= 0.3 is 5.76 Å². The van der Waals surface area contributed by atoms with Crippen molar-refractivity contribution in [2.45, 2.75) is 6.42 Å². The lowest BCUT2D eigenvalue weighted by Crippen LogP contribution is -2.10. The molecular formula is C13H12N2O4. The largest absolute Gasteiger partial charge is 0.479 e. The van der Waals surface area contributed by atoms with E-state index in [-0.39, 0.29) is 12.2 Å². The van der Waals surface area contributed by atoms with Crippen LogP contribution in [0.5, 0.6) is 0 Å². The lowest BCUT2D eigenvalue weighted by atomic mass is 10.1. The number of aliphatic imine (C=N–C) groups is 1. The van der Waals surface area contributed by atoms with Crippen LogP contribution in [-0.4, -0.2) is 29.4 Å². The number of Topliss-reactive ketones (excluding diaryl/α,β-unsaturated/α-hetero) is 1. The fourth-order valence-corrected chi connectivity index (χ4v) is 2.03. The number of aryl methyl sites for hydroxylation is 1. The van der Waals surface area contributed by atoms with Crippen LogP contribution < -0.4 is 5.76 Å². The summed E-state index contributed by atoms with van der Waals surface area (Å²) in [6.45, 7) is 1.15. The summed E-state index contributed by atoms with van der Waals surface area (Å²) in [7, 11) is 1.60. The van der Waals surface area contributed by atoms with E-state index in [0.717, 1.165) is 0 Å². The van der Waals surface area contributed by atoms with E-state index in [0.29, 0.717) is 35.7 Å². The maximum Gasteiger partial charge on any atom is 0.419 e. The van der Waals surface area contributed by atoms with Gasteiger partial charge in [-0.3, -0.25) is 14.4 Å². The second-order valence-electron chi connectivity index (χ2n) is 4.33. The molecule has 1 aromatic heterocycles. The van der Waals surface area contributed by atoms with Crippen molar-refractivity contribution in [1.82, 2.24) is 4.57 Å². The van der Waals surface area contributed by atoms with Gasteiger partial charge in [0.1, 0.15) is 6.61 Å². The average molecular weight is 260 g/mol. The number of aromatic nitrogens is 1. The van der Waals surface area contributed by atoms with E-state index in [2.05, 4.69) is 4.99 Å². The second kappa shape index (κ2) is 4.38. The number of rotatable bonds is 3. The molecule has 0 N–H and O–H groups in total. The Morgan fingerprint density at radius 3 is 3.05 bits per heavy atom. The Labute approximate surface area is 108 Å². The summed E-state index contributed by atoms with van der Waals surface area (Å²) < 4.78 is 11.6. The number of benzene rings is 1. The van der Waals surface area contributed by atoms with Gasteiger partial charge in [-0.05, 0) is 18.2 Å². The molecule has 2 heterocycles. The zero-order valence-corrected chi connectivity index (χ0v) is 10.4. The summed E-state index contributed by atoms with van der Waals surface area (Å²) in [5.74, 6) is -0.0505. The molecule has 98 valence electrons. The van der Waals surface area contributed by atoms with Gasteiger partial charge in [-0.15, -0.1) is 0 Å². The smallest absolute Gasteiger partial charge is 0.419 e. The zero-order valence-electron chi connectivity index (χ0n) is 10.4. The van der Waals surface area contributed by atoms with Gasteiger partial charge in [-0.25, -0.2) is 4.79 Å². The lowest BCUT2D eigenvalue weighted by molar-refractivity contribution is 0.0995. The van der Waals surface area contributed by atoms with Crippen molar-refractivity contribution in [3.63, 3.8) is 0 Å². The molecule has 0 radical (unpaired) electrons. The van der Waals surface area contributed by atoms with Crippen LogP contribution in [0.1, 0.15) is 16.8 Å². The van der Waals surface area contributed by atoms with Gasteiger partial charge in [0.15, 0.2) is 17.3 Å². The Balaban J connectivity index is 1.94. The minimum absolute atomic E-state index is 0.0869. The van der Waals surface area contributed by atoms with Gasteiger partial charge in [-0.2, -0.15) is 0 Å². The fourth-order valence-electron chi connectivity index (χ4n) is 2.03. The predicted molar refractivity (Wildman–Crippen MR) is 68.7 cm³/mol. The van der Waals surface area contributed by atoms with E-state index in [4.69, 9.17) is 9.15 Å². The number of ketones is 1. The van der Waals surface area contributed by atoms with Crippen molar-refractivity contribution in [3.05, 3.63) is 34.3 Å². The number of fused-ring (bicyclic) bond motifs is 1. The third kappa shape index (κ3) is 2.05. The highest BCUT2D eigenvalue weighted by Crippen LogP contribution is 2.16. The first-order valence-electron chi connectivity index (χ1n) is 5.94. The van der Waals surface area contributed by atoms with Crippen molar-refractivity contribution in [1.29, 1.82) is 0 Å². The van der Waals surface area contributed by atoms with Crippen molar-refractivity contribution in [2.24, 2.45) is 12.0 Å². The molecule has 0 unspecified atom stereocenters. The third-order valence-electron chi connectivity index (χ3n) is 3.07. The Bertz CT molecular complexity index is 739. The molecule has 0 saturated heterocycles. The van der Waals surface area contributed by atoms with Crippen molar-refractivity contribution in [2.75, 3.05) is 13.2 Å². The molecule has 0 fully saturated rings. The summed E-state index contributed by atoms with van der Waals surface area (Å²) in [6, 6.07) is 4.92. The molecule has 0 aliphatic carbocycles. The van der Waals surface area contributed by atoms with Crippen LogP contribution >= 0.6 is 0 Å². The van der Waals surface area contributed by atoms with E-state index in [1.807, 2.05) is 0 Å². The molecule has 3 rings (SSSR count). The standard InChI is InChI=1S/C13H12N2O4/c1-15-9-6-8(2-3-11(9)19-13(15)17)10(16)7-12-14-4-5-18-12/h2-3,6H,4-5,7H2,1H3. The molecular weight excluding hydrogens is 248 g/mol. The first kappa shape index (κ1) is 11.7. The highest BCUT2D eigenvalue weighted by molar-refractivity contribution is 6.08. The van der Waals surface area contributed by atoms with Crippen LogP contribution in [0.2, 0.25) is 0 Å². The second-order valence-corrected chi connectivity index (χ2v) is 4.33. The van der Waals surface area contributed by atoms with Crippen LogP contribution in [-0.2, 0) is 11.8 Å². The summed E-state index contributed by atoms with van der Waals surface area (Å²) in [6.07, 6.45) is 0.150. The molecule has 1 aliphatic rings. The number of oxazole rings is 1. The quantitative estimate of drug-likeness (QED) is 0.775. The van der Waals surface area contributed by atoms with Gasteiger partial charge in [0, 0.05) is 12.6 Å². The minimum atomic E-state index is -0.442. The summed E-state index contributed by atoms with van der Waals surface area (Å²) in [5, 5.41) is 0. The zero-order chi connectivity index (χ0) is 13.4.